The van der Waals surface area contributed by atoms with Crippen LogP contribution in [0.1, 0.15) is 0 Å². The Hall–Kier alpha value is -3.28. The Morgan fingerprint density at radius 3 is 2.23 bits per heavy atom. The summed E-state index contributed by atoms with van der Waals surface area (Å²) in [5.74, 6) is 0. The summed E-state index contributed by atoms with van der Waals surface area (Å²) in [6, 6.07) is 13.2. The monoisotopic (exact) mass is 292 g/mol. The summed E-state index contributed by atoms with van der Waals surface area (Å²) >= 11 is 0. The van der Waals surface area contributed by atoms with Gasteiger partial charge < -0.3 is 0 Å². The van der Waals surface area contributed by atoms with E-state index >= 15 is 0 Å². The second-order valence-corrected chi connectivity index (χ2v) is 5.11. The van der Waals surface area contributed by atoms with Crippen LogP contribution in [0, 0.1) is 20.2 Å². The molecule has 0 radical (unpaired) electrons. The number of fused-ring (bicyclic) bond motifs is 3. The predicted octanol–water partition coefficient (Wildman–Crippen LogP) is 4.30. The van der Waals surface area contributed by atoms with Gasteiger partial charge in [0.15, 0.2) is 0 Å². The van der Waals surface area contributed by atoms with Crippen molar-refractivity contribution in [3.63, 3.8) is 0 Å². The van der Waals surface area contributed by atoms with Gasteiger partial charge >= 0.3 is 0 Å². The van der Waals surface area contributed by atoms with Crippen molar-refractivity contribution < 1.29 is 9.85 Å². The van der Waals surface area contributed by atoms with Gasteiger partial charge in [0.25, 0.3) is 11.4 Å². The van der Waals surface area contributed by atoms with Crippen molar-refractivity contribution in [3.05, 3.63) is 68.8 Å². The maximum Gasteiger partial charge on any atom is 0.277 e. The SMILES string of the molecule is O=[N+]([O-])c1cc2c3c(cccc3c1)-c1c-2cccc1[N+](=O)[O-]. The first-order chi connectivity index (χ1) is 10.6. The topological polar surface area (TPSA) is 86.3 Å². The average molecular weight is 292 g/mol. The van der Waals surface area contributed by atoms with E-state index in [1.54, 1.807) is 24.3 Å². The van der Waals surface area contributed by atoms with Gasteiger partial charge in [-0.2, -0.15) is 0 Å². The third kappa shape index (κ3) is 1.49. The first kappa shape index (κ1) is 12.5. The van der Waals surface area contributed by atoms with Gasteiger partial charge in [0.05, 0.1) is 15.4 Å². The predicted molar refractivity (Wildman–Crippen MR) is 81.7 cm³/mol. The van der Waals surface area contributed by atoms with Gasteiger partial charge in [-0.1, -0.05) is 30.3 Å². The summed E-state index contributed by atoms with van der Waals surface area (Å²) in [6.45, 7) is 0. The van der Waals surface area contributed by atoms with Crippen LogP contribution in [-0.4, -0.2) is 9.85 Å². The highest BCUT2D eigenvalue weighted by atomic mass is 16.6. The molecule has 6 heteroatoms. The van der Waals surface area contributed by atoms with Crippen molar-refractivity contribution in [2.45, 2.75) is 0 Å². The third-order valence-electron chi connectivity index (χ3n) is 3.97. The molecule has 0 bridgehead atoms. The Balaban J connectivity index is 2.19. The minimum Gasteiger partial charge on any atom is -0.258 e. The first-order valence-electron chi connectivity index (χ1n) is 6.57. The molecule has 6 nitrogen and oxygen atoms in total. The molecule has 0 unspecified atom stereocenters. The van der Waals surface area contributed by atoms with E-state index in [1.165, 1.54) is 18.2 Å². The molecule has 0 saturated heterocycles. The third-order valence-corrected chi connectivity index (χ3v) is 3.97. The molecule has 0 aromatic heterocycles. The Kier molecular flexibility index (Phi) is 2.33. The quantitative estimate of drug-likeness (QED) is 0.407. The van der Waals surface area contributed by atoms with Crippen molar-refractivity contribution in [2.24, 2.45) is 0 Å². The van der Waals surface area contributed by atoms with E-state index in [1.807, 2.05) is 6.07 Å². The number of benzene rings is 3. The summed E-state index contributed by atoms with van der Waals surface area (Å²) in [4.78, 5) is 21.6. The van der Waals surface area contributed by atoms with Crippen molar-refractivity contribution in [1.29, 1.82) is 0 Å². The lowest BCUT2D eigenvalue weighted by Gasteiger charge is -2.02. The molecule has 0 heterocycles. The largest absolute Gasteiger partial charge is 0.277 e. The average Bonchev–Trinajstić information content (AvgIpc) is 2.83. The van der Waals surface area contributed by atoms with E-state index in [2.05, 4.69) is 0 Å². The van der Waals surface area contributed by atoms with Gasteiger partial charge in [0.2, 0.25) is 0 Å². The maximum absolute atomic E-state index is 11.3. The van der Waals surface area contributed by atoms with Crippen LogP contribution in [0.15, 0.2) is 48.5 Å². The van der Waals surface area contributed by atoms with Crippen molar-refractivity contribution in [2.75, 3.05) is 0 Å². The number of hydrogen-bond donors (Lipinski definition) is 0. The fourth-order valence-corrected chi connectivity index (χ4v) is 3.14. The Morgan fingerprint density at radius 2 is 1.50 bits per heavy atom. The molecule has 3 aromatic rings. The zero-order valence-electron chi connectivity index (χ0n) is 11.1. The lowest BCUT2D eigenvalue weighted by Crippen LogP contribution is -1.91. The van der Waals surface area contributed by atoms with E-state index in [-0.39, 0.29) is 11.4 Å². The molecule has 0 saturated carbocycles. The van der Waals surface area contributed by atoms with Crippen molar-refractivity contribution in [3.8, 4) is 22.3 Å². The number of hydrogen-bond acceptors (Lipinski definition) is 4. The van der Waals surface area contributed by atoms with Crippen molar-refractivity contribution in [1.82, 2.24) is 0 Å². The molecule has 1 aliphatic rings. The molecular formula is C16H8N2O4. The van der Waals surface area contributed by atoms with Gasteiger partial charge in [-0.3, -0.25) is 20.2 Å². The maximum atomic E-state index is 11.3. The van der Waals surface area contributed by atoms with E-state index < -0.39 is 9.85 Å². The lowest BCUT2D eigenvalue weighted by atomic mass is 10.0. The second kappa shape index (κ2) is 4.11. The highest BCUT2D eigenvalue weighted by Gasteiger charge is 2.29. The molecule has 0 fully saturated rings. The highest BCUT2D eigenvalue weighted by molar-refractivity contribution is 6.17. The van der Waals surface area contributed by atoms with Gasteiger partial charge in [-0.25, -0.2) is 0 Å². The van der Waals surface area contributed by atoms with Gasteiger partial charge in [-0.05, 0) is 27.5 Å². The molecule has 0 aliphatic heterocycles. The van der Waals surface area contributed by atoms with E-state index in [9.17, 15) is 20.2 Å². The number of nitrogens with zero attached hydrogens (tertiary/aromatic N) is 2. The van der Waals surface area contributed by atoms with Crippen LogP contribution in [-0.2, 0) is 0 Å². The van der Waals surface area contributed by atoms with Gasteiger partial charge in [0, 0.05) is 18.2 Å². The van der Waals surface area contributed by atoms with E-state index in [4.69, 9.17) is 0 Å². The van der Waals surface area contributed by atoms with Crippen LogP contribution in [0.2, 0.25) is 0 Å². The van der Waals surface area contributed by atoms with Crippen LogP contribution in [0.5, 0.6) is 0 Å². The summed E-state index contributed by atoms with van der Waals surface area (Å²) in [5, 5.41) is 24.0. The van der Waals surface area contributed by atoms with Crippen LogP contribution in [0.4, 0.5) is 11.4 Å². The second-order valence-electron chi connectivity index (χ2n) is 5.11. The van der Waals surface area contributed by atoms with E-state index in [0.717, 1.165) is 10.9 Å². The molecule has 106 valence electrons. The van der Waals surface area contributed by atoms with Crippen LogP contribution < -0.4 is 0 Å². The number of non-ortho nitro benzene ring substituents is 1. The lowest BCUT2D eigenvalue weighted by molar-refractivity contribution is -0.384. The van der Waals surface area contributed by atoms with Gasteiger partial charge in [0.1, 0.15) is 0 Å². The Bertz CT molecular complexity index is 995. The Morgan fingerprint density at radius 1 is 0.773 bits per heavy atom. The smallest absolute Gasteiger partial charge is 0.258 e. The van der Waals surface area contributed by atoms with E-state index in [0.29, 0.717) is 22.1 Å². The van der Waals surface area contributed by atoms with Crippen LogP contribution in [0.25, 0.3) is 33.0 Å². The zero-order valence-corrected chi connectivity index (χ0v) is 11.1. The molecular weight excluding hydrogens is 284 g/mol. The molecule has 0 N–H and O–H groups in total. The first-order valence-corrected chi connectivity index (χ1v) is 6.57. The fourth-order valence-electron chi connectivity index (χ4n) is 3.14. The van der Waals surface area contributed by atoms with Crippen molar-refractivity contribution >= 4 is 22.1 Å². The Labute approximate surface area is 123 Å². The highest BCUT2D eigenvalue weighted by Crippen LogP contribution is 2.51. The summed E-state index contributed by atoms with van der Waals surface area (Å²) in [5.41, 5.74) is 2.64. The van der Waals surface area contributed by atoms with Gasteiger partial charge in [-0.15, -0.1) is 0 Å². The molecule has 22 heavy (non-hydrogen) atoms. The number of rotatable bonds is 2. The standard InChI is InChI=1S/C16H8N2O4/c19-17(20)10-7-9-3-1-5-12-15(9)13(8-10)11-4-2-6-14(16(11)12)18(21)22/h1-8H. The molecule has 1 aliphatic carbocycles. The minimum absolute atomic E-state index is 0.0148. The summed E-state index contributed by atoms with van der Waals surface area (Å²) in [7, 11) is 0. The molecule has 0 amide bonds. The molecule has 3 aromatic carbocycles. The minimum atomic E-state index is -0.446. The summed E-state index contributed by atoms with van der Waals surface area (Å²) < 4.78 is 0. The molecule has 4 rings (SSSR count). The number of nitro groups is 2. The molecule has 0 spiro atoms. The zero-order chi connectivity index (χ0) is 15.4. The fraction of sp³-hybridized carbons (Fsp3) is 0. The summed E-state index contributed by atoms with van der Waals surface area (Å²) in [6.07, 6.45) is 0. The number of nitro benzene ring substituents is 2. The van der Waals surface area contributed by atoms with Crippen LogP contribution in [0.3, 0.4) is 0 Å². The molecule has 0 atom stereocenters. The normalized spacial score (nSPS) is 11.5. The van der Waals surface area contributed by atoms with Crippen LogP contribution >= 0.6 is 0 Å².